The molecule has 0 aliphatic heterocycles. The zero-order valence-electron chi connectivity index (χ0n) is 13.5. The molecule has 5 nitrogen and oxygen atoms in total. The van der Waals surface area contributed by atoms with Gasteiger partial charge >= 0.3 is 12.0 Å². The van der Waals surface area contributed by atoms with Gasteiger partial charge < -0.3 is 15.7 Å². The summed E-state index contributed by atoms with van der Waals surface area (Å²) >= 11 is 0. The molecular formula is C16H28N2O3. The summed E-state index contributed by atoms with van der Waals surface area (Å²) in [5.74, 6) is -0.778. The molecule has 0 bridgehead atoms. The minimum absolute atomic E-state index is 0.230. The van der Waals surface area contributed by atoms with Crippen LogP contribution in [0.1, 0.15) is 53.4 Å². The summed E-state index contributed by atoms with van der Waals surface area (Å²) in [7, 11) is 0. The average Bonchev–Trinajstić information content (AvgIpc) is 2.77. The summed E-state index contributed by atoms with van der Waals surface area (Å²) in [5, 5.41) is 15.0. The van der Waals surface area contributed by atoms with Crippen LogP contribution in [0.25, 0.3) is 0 Å². The zero-order chi connectivity index (χ0) is 15.8. The second kappa shape index (κ2) is 5.50. The number of aliphatic carboxylic acids is 1. The number of carbonyl (C=O) groups excluding carboxylic acids is 1. The van der Waals surface area contributed by atoms with E-state index in [0.717, 1.165) is 19.3 Å². The molecule has 0 spiro atoms. The molecule has 0 radical (unpaired) electrons. The van der Waals surface area contributed by atoms with E-state index in [1.54, 1.807) is 0 Å². The molecule has 0 aromatic rings. The standard InChI is InChI=1S/C16H28N2O3/c1-15(2)12(16(15,3)4)9-17-14(21)18-11-8-6-5-7-10(11)13(19)20/h10-12H,5-9H2,1-4H3,(H,19,20)(H2,17,18,21). The first-order chi connectivity index (χ1) is 9.68. The van der Waals surface area contributed by atoms with Crippen molar-refractivity contribution in [2.75, 3.05) is 6.54 Å². The predicted octanol–water partition coefficient (Wildman–Crippen LogP) is 2.61. The molecule has 2 aliphatic carbocycles. The molecule has 0 saturated heterocycles. The van der Waals surface area contributed by atoms with Gasteiger partial charge in [-0.2, -0.15) is 0 Å². The Kier molecular flexibility index (Phi) is 4.22. The second-order valence-electron chi connectivity index (χ2n) is 7.69. The number of nitrogens with one attached hydrogen (secondary N) is 2. The van der Waals surface area contributed by atoms with Crippen LogP contribution in [0.5, 0.6) is 0 Å². The van der Waals surface area contributed by atoms with E-state index >= 15 is 0 Å². The van der Waals surface area contributed by atoms with Crippen LogP contribution in [0, 0.1) is 22.7 Å². The van der Waals surface area contributed by atoms with Crippen LogP contribution < -0.4 is 10.6 Å². The first kappa shape index (κ1) is 16.1. The van der Waals surface area contributed by atoms with E-state index in [9.17, 15) is 14.7 Å². The molecule has 2 amide bonds. The highest BCUT2D eigenvalue weighted by molar-refractivity contribution is 5.76. The number of rotatable bonds is 4. The van der Waals surface area contributed by atoms with E-state index in [1.807, 2.05) is 0 Å². The number of hydrogen-bond acceptors (Lipinski definition) is 2. The fraction of sp³-hybridized carbons (Fsp3) is 0.875. The van der Waals surface area contributed by atoms with Gasteiger partial charge in [-0.3, -0.25) is 4.79 Å². The molecular weight excluding hydrogens is 268 g/mol. The minimum atomic E-state index is -0.801. The Morgan fingerprint density at radius 3 is 2.19 bits per heavy atom. The Labute approximate surface area is 126 Å². The maximum atomic E-state index is 12.0. The number of urea groups is 1. The van der Waals surface area contributed by atoms with Gasteiger partial charge in [0.05, 0.1) is 5.92 Å². The fourth-order valence-electron chi connectivity index (χ4n) is 3.86. The van der Waals surface area contributed by atoms with Crippen molar-refractivity contribution >= 4 is 12.0 Å². The summed E-state index contributed by atoms with van der Waals surface area (Å²) in [6.07, 6.45) is 3.33. The lowest BCUT2D eigenvalue weighted by molar-refractivity contribution is -0.143. The molecule has 21 heavy (non-hydrogen) atoms. The lowest BCUT2D eigenvalue weighted by Crippen LogP contribution is -2.49. The van der Waals surface area contributed by atoms with Crippen LogP contribution in [0.4, 0.5) is 4.79 Å². The molecule has 2 atom stereocenters. The SMILES string of the molecule is CC1(C)C(CNC(=O)NC2CCCCC2C(=O)O)C1(C)C. The Bertz CT molecular complexity index is 417. The van der Waals surface area contributed by atoms with Crippen molar-refractivity contribution < 1.29 is 14.7 Å². The second-order valence-corrected chi connectivity index (χ2v) is 7.69. The van der Waals surface area contributed by atoms with Crippen molar-refractivity contribution in [2.24, 2.45) is 22.7 Å². The van der Waals surface area contributed by atoms with Crippen LogP contribution in [0.2, 0.25) is 0 Å². The van der Waals surface area contributed by atoms with Gasteiger partial charge in [0.15, 0.2) is 0 Å². The monoisotopic (exact) mass is 296 g/mol. The van der Waals surface area contributed by atoms with E-state index in [1.165, 1.54) is 0 Å². The molecule has 2 fully saturated rings. The van der Waals surface area contributed by atoms with Crippen LogP contribution in [-0.4, -0.2) is 29.7 Å². The van der Waals surface area contributed by atoms with E-state index in [4.69, 9.17) is 0 Å². The maximum Gasteiger partial charge on any atom is 0.315 e. The number of amides is 2. The van der Waals surface area contributed by atoms with Crippen LogP contribution >= 0.6 is 0 Å². The number of hydrogen-bond donors (Lipinski definition) is 3. The highest BCUT2D eigenvalue weighted by Gasteiger charge is 2.64. The van der Waals surface area contributed by atoms with Crippen molar-refractivity contribution in [1.82, 2.24) is 10.6 Å². The molecule has 0 aromatic carbocycles. The minimum Gasteiger partial charge on any atom is -0.481 e. The van der Waals surface area contributed by atoms with E-state index in [-0.39, 0.29) is 22.9 Å². The molecule has 2 saturated carbocycles. The molecule has 120 valence electrons. The molecule has 3 N–H and O–H groups in total. The lowest BCUT2D eigenvalue weighted by atomic mass is 9.84. The van der Waals surface area contributed by atoms with Crippen LogP contribution in [0.15, 0.2) is 0 Å². The van der Waals surface area contributed by atoms with Gasteiger partial charge in [0, 0.05) is 12.6 Å². The lowest BCUT2D eigenvalue weighted by Gasteiger charge is -2.29. The van der Waals surface area contributed by atoms with Crippen molar-refractivity contribution in [3.8, 4) is 0 Å². The Hall–Kier alpha value is -1.26. The van der Waals surface area contributed by atoms with Gasteiger partial charge in [-0.15, -0.1) is 0 Å². The fourth-order valence-corrected chi connectivity index (χ4v) is 3.86. The summed E-state index contributed by atoms with van der Waals surface area (Å²) in [6.45, 7) is 9.53. The van der Waals surface area contributed by atoms with Gasteiger partial charge in [-0.05, 0) is 29.6 Å². The molecule has 5 heteroatoms. The van der Waals surface area contributed by atoms with E-state index in [0.29, 0.717) is 18.9 Å². The number of carboxylic acid groups (broad SMARTS) is 1. The van der Waals surface area contributed by atoms with Crippen LogP contribution in [0.3, 0.4) is 0 Å². The Morgan fingerprint density at radius 2 is 1.67 bits per heavy atom. The maximum absolute atomic E-state index is 12.0. The van der Waals surface area contributed by atoms with Crippen molar-refractivity contribution in [2.45, 2.75) is 59.4 Å². The first-order valence-electron chi connectivity index (χ1n) is 7.95. The molecule has 2 aliphatic rings. The van der Waals surface area contributed by atoms with Gasteiger partial charge in [-0.25, -0.2) is 4.79 Å². The van der Waals surface area contributed by atoms with Crippen molar-refractivity contribution in [3.63, 3.8) is 0 Å². The Morgan fingerprint density at radius 1 is 1.10 bits per heavy atom. The van der Waals surface area contributed by atoms with Crippen molar-refractivity contribution in [3.05, 3.63) is 0 Å². The van der Waals surface area contributed by atoms with Gasteiger partial charge in [0.25, 0.3) is 0 Å². The normalized spacial score (nSPS) is 30.5. The highest BCUT2D eigenvalue weighted by atomic mass is 16.4. The summed E-state index contributed by atoms with van der Waals surface area (Å²) < 4.78 is 0. The quantitative estimate of drug-likeness (QED) is 0.746. The summed E-state index contributed by atoms with van der Waals surface area (Å²) in [6, 6.07) is -0.469. The predicted molar refractivity (Wildman–Crippen MR) is 81.0 cm³/mol. The molecule has 0 aromatic heterocycles. The summed E-state index contributed by atoms with van der Waals surface area (Å²) in [4.78, 5) is 23.2. The molecule has 0 heterocycles. The molecule has 2 rings (SSSR count). The molecule has 2 unspecified atom stereocenters. The number of carboxylic acids is 1. The Balaban J connectivity index is 1.81. The first-order valence-corrected chi connectivity index (χ1v) is 7.95. The van der Waals surface area contributed by atoms with Crippen molar-refractivity contribution in [1.29, 1.82) is 0 Å². The van der Waals surface area contributed by atoms with E-state index in [2.05, 4.69) is 38.3 Å². The van der Waals surface area contributed by atoms with Gasteiger partial charge in [0.1, 0.15) is 0 Å². The summed E-state index contributed by atoms with van der Waals surface area (Å²) in [5.41, 5.74) is 0.490. The largest absolute Gasteiger partial charge is 0.481 e. The number of carbonyl (C=O) groups is 2. The third-order valence-corrected chi connectivity index (χ3v) is 6.19. The van der Waals surface area contributed by atoms with Crippen LogP contribution in [-0.2, 0) is 4.79 Å². The smallest absolute Gasteiger partial charge is 0.315 e. The third-order valence-electron chi connectivity index (χ3n) is 6.19. The van der Waals surface area contributed by atoms with E-state index < -0.39 is 11.9 Å². The zero-order valence-corrected chi connectivity index (χ0v) is 13.5. The topological polar surface area (TPSA) is 78.4 Å². The third kappa shape index (κ3) is 3.01. The van der Waals surface area contributed by atoms with Gasteiger partial charge in [-0.1, -0.05) is 40.5 Å². The average molecular weight is 296 g/mol. The highest BCUT2D eigenvalue weighted by Crippen LogP contribution is 2.67. The van der Waals surface area contributed by atoms with Gasteiger partial charge in [0.2, 0.25) is 0 Å².